The molecule has 0 saturated carbocycles. The maximum atomic E-state index is 12.1. The van der Waals surface area contributed by atoms with Crippen molar-refractivity contribution in [3.05, 3.63) is 66.5 Å². The number of nitrogens with one attached hydrogen (secondary N) is 2. The molecule has 3 rings (SSSR count). The molecule has 0 saturated heterocycles. The van der Waals surface area contributed by atoms with Gasteiger partial charge in [-0.05, 0) is 23.8 Å². The van der Waals surface area contributed by atoms with E-state index in [2.05, 4.69) is 15.1 Å². The van der Waals surface area contributed by atoms with Crippen LogP contribution in [0.5, 0.6) is 0 Å². The third-order valence-electron chi connectivity index (χ3n) is 3.57. The zero-order valence-corrected chi connectivity index (χ0v) is 14.2. The van der Waals surface area contributed by atoms with Gasteiger partial charge in [0.1, 0.15) is 0 Å². The van der Waals surface area contributed by atoms with Crippen molar-refractivity contribution >= 4 is 27.1 Å². The van der Waals surface area contributed by atoms with Gasteiger partial charge in [-0.15, -0.1) is 0 Å². The van der Waals surface area contributed by atoms with E-state index < -0.39 is 10.0 Å². The molecule has 0 aliphatic carbocycles. The molecule has 0 spiro atoms. The third kappa shape index (κ3) is 4.80. The first-order chi connectivity index (χ1) is 12.0. The summed E-state index contributed by atoms with van der Waals surface area (Å²) < 4.78 is 28.4. The second-order valence-corrected chi connectivity index (χ2v) is 7.39. The minimum atomic E-state index is -3.55. The zero-order chi connectivity index (χ0) is 17.7. The topological polar surface area (TPSA) is 92.6 Å². The van der Waals surface area contributed by atoms with Crippen molar-refractivity contribution in [2.45, 2.75) is 6.42 Å². The number of nitrogens with zero attached hydrogens (tertiary/aromatic N) is 2. The number of hydrogen-bond acceptors (Lipinski definition) is 4. The maximum Gasteiger partial charge on any atom is 0.234 e. The van der Waals surface area contributed by atoms with Crippen molar-refractivity contribution in [3.63, 3.8) is 0 Å². The monoisotopic (exact) mass is 358 g/mol. The van der Waals surface area contributed by atoms with Crippen LogP contribution in [0, 0.1) is 0 Å². The standard InChI is InChI=1S/C17H18N4O3S/c22-17(12-14-4-2-1-3-5-14)18-9-11-25(23,24)20-15-7-10-21-16(13-15)6-8-19-21/h1-8,10,13,20H,9,11-12H2,(H,18,22). The summed E-state index contributed by atoms with van der Waals surface area (Å²) in [5, 5.41) is 6.68. The van der Waals surface area contributed by atoms with Crippen LogP contribution in [0.2, 0.25) is 0 Å². The van der Waals surface area contributed by atoms with Crippen molar-refractivity contribution in [1.82, 2.24) is 14.9 Å². The minimum Gasteiger partial charge on any atom is -0.355 e. The summed E-state index contributed by atoms with van der Waals surface area (Å²) in [4.78, 5) is 11.8. The Labute approximate surface area is 145 Å². The maximum absolute atomic E-state index is 12.1. The molecule has 130 valence electrons. The lowest BCUT2D eigenvalue weighted by Gasteiger charge is -2.09. The summed E-state index contributed by atoms with van der Waals surface area (Å²) in [5.74, 6) is -0.403. The summed E-state index contributed by atoms with van der Waals surface area (Å²) in [6.45, 7) is 0.0515. The number of carbonyl (C=O) groups is 1. The van der Waals surface area contributed by atoms with Gasteiger partial charge < -0.3 is 5.32 Å². The molecular formula is C17H18N4O3S. The lowest BCUT2D eigenvalue weighted by atomic mass is 10.1. The summed E-state index contributed by atoms with van der Waals surface area (Å²) in [6, 6.07) is 14.4. The lowest BCUT2D eigenvalue weighted by molar-refractivity contribution is -0.120. The molecule has 0 aliphatic rings. The number of hydrogen-bond donors (Lipinski definition) is 2. The van der Waals surface area contributed by atoms with Gasteiger partial charge in [0.25, 0.3) is 0 Å². The molecule has 0 bridgehead atoms. The second-order valence-electron chi connectivity index (χ2n) is 5.55. The fraction of sp³-hybridized carbons (Fsp3) is 0.176. The molecular weight excluding hydrogens is 340 g/mol. The first kappa shape index (κ1) is 17.0. The van der Waals surface area contributed by atoms with Crippen LogP contribution in [0.1, 0.15) is 5.56 Å². The van der Waals surface area contributed by atoms with Crippen molar-refractivity contribution in [1.29, 1.82) is 0 Å². The number of sulfonamides is 1. The average Bonchev–Trinajstić information content (AvgIpc) is 3.02. The number of carbonyl (C=O) groups excluding carboxylic acids is 1. The summed E-state index contributed by atoms with van der Waals surface area (Å²) in [7, 11) is -3.55. The van der Waals surface area contributed by atoms with E-state index >= 15 is 0 Å². The van der Waals surface area contributed by atoms with Gasteiger partial charge in [-0.25, -0.2) is 12.9 Å². The van der Waals surface area contributed by atoms with Crippen LogP contribution in [0.3, 0.4) is 0 Å². The highest BCUT2D eigenvalue weighted by atomic mass is 32.2. The largest absolute Gasteiger partial charge is 0.355 e. The van der Waals surface area contributed by atoms with Gasteiger partial charge in [0, 0.05) is 18.9 Å². The SMILES string of the molecule is O=C(Cc1ccccc1)NCCS(=O)(=O)Nc1ccn2nccc2c1. The van der Waals surface area contributed by atoms with Gasteiger partial charge in [-0.1, -0.05) is 30.3 Å². The van der Waals surface area contributed by atoms with Crippen LogP contribution >= 0.6 is 0 Å². The first-order valence-electron chi connectivity index (χ1n) is 7.76. The molecule has 1 amide bonds. The molecule has 3 aromatic rings. The summed E-state index contributed by atoms with van der Waals surface area (Å²) in [5.41, 5.74) is 2.13. The predicted molar refractivity (Wildman–Crippen MR) is 95.8 cm³/mol. The number of fused-ring (bicyclic) bond motifs is 1. The Morgan fingerprint density at radius 2 is 1.92 bits per heavy atom. The molecule has 8 heteroatoms. The molecule has 7 nitrogen and oxygen atoms in total. The van der Waals surface area contributed by atoms with Crippen molar-refractivity contribution < 1.29 is 13.2 Å². The van der Waals surface area contributed by atoms with Crippen LogP contribution < -0.4 is 10.0 Å². The Bertz CT molecular complexity index is 968. The number of aromatic nitrogens is 2. The summed E-state index contributed by atoms with van der Waals surface area (Å²) >= 11 is 0. The highest BCUT2D eigenvalue weighted by Gasteiger charge is 2.12. The Morgan fingerprint density at radius 1 is 1.12 bits per heavy atom. The van der Waals surface area contributed by atoms with Gasteiger partial charge >= 0.3 is 0 Å². The number of benzene rings is 1. The van der Waals surface area contributed by atoms with Gasteiger partial charge in [-0.2, -0.15) is 5.10 Å². The third-order valence-corrected chi connectivity index (χ3v) is 4.86. The molecule has 0 unspecified atom stereocenters. The van der Waals surface area contributed by atoms with Gasteiger partial charge in [-0.3, -0.25) is 9.52 Å². The Kier molecular flexibility index (Phi) is 4.99. The number of pyridine rings is 1. The quantitative estimate of drug-likeness (QED) is 0.668. The molecule has 0 radical (unpaired) electrons. The Hall–Kier alpha value is -2.87. The predicted octanol–water partition coefficient (Wildman–Crippen LogP) is 1.43. The minimum absolute atomic E-state index is 0.0515. The molecule has 0 fully saturated rings. The van der Waals surface area contributed by atoms with Crippen molar-refractivity contribution in [3.8, 4) is 0 Å². The molecule has 0 aliphatic heterocycles. The Morgan fingerprint density at radius 3 is 2.72 bits per heavy atom. The number of amides is 1. The molecule has 2 N–H and O–H groups in total. The fourth-order valence-corrected chi connectivity index (χ4v) is 3.34. The van der Waals surface area contributed by atoms with E-state index in [1.807, 2.05) is 30.3 Å². The van der Waals surface area contributed by atoms with E-state index in [0.29, 0.717) is 5.69 Å². The average molecular weight is 358 g/mol. The highest BCUT2D eigenvalue weighted by molar-refractivity contribution is 7.92. The van der Waals surface area contributed by atoms with Gasteiger partial charge in [0.05, 0.1) is 23.4 Å². The van der Waals surface area contributed by atoms with Crippen LogP contribution in [-0.4, -0.2) is 36.2 Å². The molecule has 1 aromatic carbocycles. The molecule has 0 atom stereocenters. The van der Waals surface area contributed by atoms with Crippen LogP contribution in [-0.2, 0) is 21.2 Å². The van der Waals surface area contributed by atoms with Gasteiger partial charge in [0.15, 0.2) is 0 Å². The van der Waals surface area contributed by atoms with Crippen molar-refractivity contribution in [2.75, 3.05) is 17.0 Å². The Balaban J connectivity index is 1.50. The molecule has 25 heavy (non-hydrogen) atoms. The molecule has 2 aromatic heterocycles. The van der Waals surface area contributed by atoms with E-state index in [-0.39, 0.29) is 24.6 Å². The number of anilines is 1. The van der Waals surface area contributed by atoms with Crippen LogP contribution in [0.15, 0.2) is 60.9 Å². The van der Waals surface area contributed by atoms with Crippen molar-refractivity contribution in [2.24, 2.45) is 0 Å². The van der Waals surface area contributed by atoms with Crippen LogP contribution in [0.4, 0.5) is 5.69 Å². The van der Waals surface area contributed by atoms with Gasteiger partial charge in [0.2, 0.25) is 15.9 Å². The first-order valence-corrected chi connectivity index (χ1v) is 9.42. The van der Waals surface area contributed by atoms with E-state index in [4.69, 9.17) is 0 Å². The molecule has 2 heterocycles. The lowest BCUT2D eigenvalue weighted by Crippen LogP contribution is -2.32. The van der Waals surface area contributed by atoms with E-state index in [1.54, 1.807) is 35.1 Å². The fourth-order valence-electron chi connectivity index (χ4n) is 2.38. The number of rotatable bonds is 7. The highest BCUT2D eigenvalue weighted by Crippen LogP contribution is 2.13. The normalized spacial score (nSPS) is 11.4. The van der Waals surface area contributed by atoms with Crippen LogP contribution in [0.25, 0.3) is 5.52 Å². The van der Waals surface area contributed by atoms with E-state index in [0.717, 1.165) is 11.1 Å². The summed E-state index contributed by atoms with van der Waals surface area (Å²) in [6.07, 6.45) is 3.54. The van der Waals surface area contributed by atoms with E-state index in [1.165, 1.54) is 0 Å². The second kappa shape index (κ2) is 7.35. The zero-order valence-electron chi connectivity index (χ0n) is 13.4. The smallest absolute Gasteiger partial charge is 0.234 e. The van der Waals surface area contributed by atoms with E-state index in [9.17, 15) is 13.2 Å².